The molecule has 76 valence electrons. The maximum Gasteiger partial charge on any atom is 0.338 e. The van der Waals surface area contributed by atoms with E-state index in [0.717, 1.165) is 17.7 Å². The SMILES string of the molecule is C=CC(=O)OC(=O)/C=C/c1cccnc1. The molecule has 1 heterocycles. The number of hydrogen-bond acceptors (Lipinski definition) is 4. The molecule has 0 aromatic carbocycles. The lowest BCUT2D eigenvalue weighted by atomic mass is 10.2. The Balaban J connectivity index is 2.55. The summed E-state index contributed by atoms with van der Waals surface area (Å²) in [4.78, 5) is 25.5. The predicted molar refractivity (Wildman–Crippen MR) is 54.6 cm³/mol. The van der Waals surface area contributed by atoms with Crippen LogP contribution >= 0.6 is 0 Å². The molecule has 0 unspecified atom stereocenters. The molecule has 0 aliphatic carbocycles. The second-order valence-electron chi connectivity index (χ2n) is 2.56. The number of carbonyl (C=O) groups is 2. The van der Waals surface area contributed by atoms with Crippen LogP contribution in [0.2, 0.25) is 0 Å². The van der Waals surface area contributed by atoms with Gasteiger partial charge >= 0.3 is 11.9 Å². The van der Waals surface area contributed by atoms with E-state index in [9.17, 15) is 9.59 Å². The van der Waals surface area contributed by atoms with Gasteiger partial charge in [0.25, 0.3) is 0 Å². The first-order valence-electron chi connectivity index (χ1n) is 4.18. The summed E-state index contributed by atoms with van der Waals surface area (Å²) in [5.74, 6) is -1.50. The van der Waals surface area contributed by atoms with Crippen molar-refractivity contribution in [2.45, 2.75) is 0 Å². The number of carbonyl (C=O) groups excluding carboxylic acids is 2. The normalized spacial score (nSPS) is 9.87. The molecule has 1 rings (SSSR count). The minimum Gasteiger partial charge on any atom is -0.387 e. The van der Waals surface area contributed by atoms with Gasteiger partial charge < -0.3 is 4.74 Å². The van der Waals surface area contributed by atoms with Crippen LogP contribution in [0.5, 0.6) is 0 Å². The van der Waals surface area contributed by atoms with Gasteiger partial charge in [0.1, 0.15) is 0 Å². The van der Waals surface area contributed by atoms with Crippen LogP contribution in [0.15, 0.2) is 43.3 Å². The summed E-state index contributed by atoms with van der Waals surface area (Å²) >= 11 is 0. The van der Waals surface area contributed by atoms with Crippen molar-refractivity contribution < 1.29 is 14.3 Å². The molecule has 0 atom stereocenters. The van der Waals surface area contributed by atoms with E-state index in [4.69, 9.17) is 0 Å². The third kappa shape index (κ3) is 3.99. The predicted octanol–water partition coefficient (Wildman–Crippen LogP) is 1.35. The van der Waals surface area contributed by atoms with E-state index in [1.54, 1.807) is 24.5 Å². The largest absolute Gasteiger partial charge is 0.387 e. The zero-order valence-corrected chi connectivity index (χ0v) is 7.92. The Labute approximate surface area is 86.9 Å². The molecule has 0 aliphatic rings. The van der Waals surface area contributed by atoms with E-state index in [-0.39, 0.29) is 0 Å². The Kier molecular flexibility index (Phi) is 3.97. The zero-order chi connectivity index (χ0) is 11.1. The van der Waals surface area contributed by atoms with Gasteiger partial charge in [0.15, 0.2) is 0 Å². The standard InChI is InChI=1S/C11H9NO3/c1-2-10(13)15-11(14)6-5-9-4-3-7-12-8-9/h2-8H,1H2/b6-5+. The molecule has 4 nitrogen and oxygen atoms in total. The molecule has 0 spiro atoms. The van der Waals surface area contributed by atoms with Crippen LogP contribution in [0.25, 0.3) is 6.08 Å². The van der Waals surface area contributed by atoms with Gasteiger partial charge in [-0.15, -0.1) is 0 Å². The maximum atomic E-state index is 11.0. The van der Waals surface area contributed by atoms with Gasteiger partial charge in [-0.2, -0.15) is 0 Å². The summed E-state index contributed by atoms with van der Waals surface area (Å²) in [6.07, 6.45) is 6.79. The quantitative estimate of drug-likeness (QED) is 0.422. The third-order valence-electron chi connectivity index (χ3n) is 1.46. The van der Waals surface area contributed by atoms with Gasteiger partial charge in [-0.05, 0) is 17.7 Å². The average molecular weight is 203 g/mol. The van der Waals surface area contributed by atoms with Crippen LogP contribution in [-0.2, 0) is 14.3 Å². The number of rotatable bonds is 3. The van der Waals surface area contributed by atoms with E-state index in [0.29, 0.717) is 0 Å². The first-order chi connectivity index (χ1) is 7.22. The number of hydrogen-bond donors (Lipinski definition) is 0. The van der Waals surface area contributed by atoms with Gasteiger partial charge in [-0.25, -0.2) is 9.59 Å². The summed E-state index contributed by atoms with van der Waals surface area (Å²) < 4.78 is 4.32. The topological polar surface area (TPSA) is 56.3 Å². The van der Waals surface area contributed by atoms with Gasteiger partial charge in [0.2, 0.25) is 0 Å². The van der Waals surface area contributed by atoms with E-state index in [1.165, 1.54) is 6.08 Å². The van der Waals surface area contributed by atoms with Crippen LogP contribution in [0, 0.1) is 0 Å². The van der Waals surface area contributed by atoms with Crippen LogP contribution in [-0.4, -0.2) is 16.9 Å². The number of nitrogens with zero attached hydrogens (tertiary/aromatic N) is 1. The second-order valence-corrected chi connectivity index (χ2v) is 2.56. The second kappa shape index (κ2) is 5.49. The number of ether oxygens (including phenoxy) is 1. The minimum absolute atomic E-state index is 0.733. The van der Waals surface area contributed by atoms with Gasteiger partial charge in [-0.1, -0.05) is 12.6 Å². The molecule has 0 radical (unpaired) electrons. The summed E-state index contributed by atoms with van der Waals surface area (Å²) in [7, 11) is 0. The van der Waals surface area contributed by atoms with Crippen molar-refractivity contribution in [3.8, 4) is 0 Å². The molecule has 1 aromatic rings. The monoisotopic (exact) mass is 203 g/mol. The Hall–Kier alpha value is -2.23. The van der Waals surface area contributed by atoms with Crippen molar-refractivity contribution in [3.63, 3.8) is 0 Å². The van der Waals surface area contributed by atoms with Crippen LogP contribution < -0.4 is 0 Å². The lowest BCUT2D eigenvalue weighted by Crippen LogP contribution is -2.06. The van der Waals surface area contributed by atoms with Crippen molar-refractivity contribution >= 4 is 18.0 Å². The fourth-order valence-electron chi connectivity index (χ4n) is 0.814. The molecular formula is C11H9NO3. The molecule has 0 bridgehead atoms. The Morgan fingerprint density at radius 2 is 2.20 bits per heavy atom. The lowest BCUT2D eigenvalue weighted by molar-refractivity contribution is -0.152. The van der Waals surface area contributed by atoms with E-state index in [1.807, 2.05) is 0 Å². The third-order valence-corrected chi connectivity index (χ3v) is 1.46. The Morgan fingerprint density at radius 3 is 2.80 bits per heavy atom. The van der Waals surface area contributed by atoms with Crippen molar-refractivity contribution in [1.82, 2.24) is 4.98 Å². The molecule has 15 heavy (non-hydrogen) atoms. The van der Waals surface area contributed by atoms with Crippen LogP contribution in [0.1, 0.15) is 5.56 Å². The highest BCUT2D eigenvalue weighted by Gasteiger charge is 2.01. The zero-order valence-electron chi connectivity index (χ0n) is 7.92. The highest BCUT2D eigenvalue weighted by Crippen LogP contribution is 1.98. The molecule has 0 N–H and O–H groups in total. The van der Waals surface area contributed by atoms with E-state index in [2.05, 4.69) is 16.3 Å². The lowest BCUT2D eigenvalue weighted by Gasteiger charge is -1.93. The molecular weight excluding hydrogens is 194 g/mol. The van der Waals surface area contributed by atoms with Crippen LogP contribution in [0.3, 0.4) is 0 Å². The minimum atomic E-state index is -0.768. The van der Waals surface area contributed by atoms with Crippen molar-refractivity contribution in [2.75, 3.05) is 0 Å². The van der Waals surface area contributed by atoms with E-state index < -0.39 is 11.9 Å². The summed E-state index contributed by atoms with van der Waals surface area (Å²) in [5, 5.41) is 0. The molecule has 0 amide bonds. The molecule has 0 fully saturated rings. The summed E-state index contributed by atoms with van der Waals surface area (Å²) in [5.41, 5.74) is 0.750. The maximum absolute atomic E-state index is 11.0. The average Bonchev–Trinajstić information content (AvgIpc) is 2.27. The van der Waals surface area contributed by atoms with Gasteiger partial charge in [-0.3, -0.25) is 4.98 Å². The molecule has 0 saturated carbocycles. The van der Waals surface area contributed by atoms with E-state index >= 15 is 0 Å². The molecule has 4 heteroatoms. The highest BCUT2D eigenvalue weighted by atomic mass is 16.6. The summed E-state index contributed by atoms with van der Waals surface area (Å²) in [6.45, 7) is 3.17. The van der Waals surface area contributed by atoms with Gasteiger partial charge in [0, 0.05) is 24.5 Å². The number of aromatic nitrogens is 1. The van der Waals surface area contributed by atoms with Gasteiger partial charge in [0.05, 0.1) is 0 Å². The highest BCUT2D eigenvalue weighted by molar-refractivity contribution is 5.98. The molecule has 1 aromatic heterocycles. The van der Waals surface area contributed by atoms with Crippen molar-refractivity contribution in [3.05, 3.63) is 48.8 Å². The Bertz CT molecular complexity index is 396. The first kappa shape index (κ1) is 10.8. The molecule has 0 aliphatic heterocycles. The molecule has 0 saturated heterocycles. The number of esters is 2. The summed E-state index contributed by atoms with van der Waals surface area (Å²) in [6, 6.07) is 3.51. The Morgan fingerprint density at radius 1 is 1.40 bits per heavy atom. The fourth-order valence-corrected chi connectivity index (χ4v) is 0.814. The fraction of sp³-hybridized carbons (Fsp3) is 0. The van der Waals surface area contributed by atoms with Crippen molar-refractivity contribution in [1.29, 1.82) is 0 Å². The first-order valence-corrected chi connectivity index (χ1v) is 4.18. The number of pyridine rings is 1. The van der Waals surface area contributed by atoms with Crippen LogP contribution in [0.4, 0.5) is 0 Å². The van der Waals surface area contributed by atoms with Crippen molar-refractivity contribution in [2.24, 2.45) is 0 Å². The smallest absolute Gasteiger partial charge is 0.338 e.